The molecule has 4 bridgehead atoms. The largest absolute Gasteiger partial charge is 0.508 e. The van der Waals surface area contributed by atoms with Gasteiger partial charge >= 0.3 is 5.97 Å². The summed E-state index contributed by atoms with van der Waals surface area (Å²) < 4.78 is 6.32. The first-order valence-electron chi connectivity index (χ1n) is 14.4. The van der Waals surface area contributed by atoms with Gasteiger partial charge in [0.1, 0.15) is 28.9 Å². The summed E-state index contributed by atoms with van der Waals surface area (Å²) in [6, 6.07) is 4.63. The molecule has 7 aliphatic rings. The lowest BCUT2D eigenvalue weighted by Crippen LogP contribution is -2.65. The van der Waals surface area contributed by atoms with Gasteiger partial charge < -0.3 is 30.9 Å². The van der Waals surface area contributed by atoms with Crippen molar-refractivity contribution in [1.82, 2.24) is 0 Å². The van der Waals surface area contributed by atoms with E-state index in [4.69, 9.17) is 10.5 Å². The highest BCUT2D eigenvalue weighted by atomic mass is 16.5. The SMILES string of the molecule is C[C@H]1c2cccc(O)c2C(O)=C2C(=O)[C@]3(O)C(O)=C(C(N)=O)C(=O)C[C@@H]3[C@@H](OC(=O)C34CC5CC(CC(C5)C3)C4)[C@@H]21. The number of esters is 1. The molecule has 5 fully saturated rings. The molecule has 0 aliphatic heterocycles. The molecule has 0 aromatic heterocycles. The summed E-state index contributed by atoms with van der Waals surface area (Å²) in [6.07, 6.45) is 3.48. The summed E-state index contributed by atoms with van der Waals surface area (Å²) in [5, 5.41) is 45.1. The smallest absolute Gasteiger partial charge is 0.312 e. The monoisotopic (exact) mass is 563 g/mol. The molecule has 1 amide bonds. The van der Waals surface area contributed by atoms with Crippen molar-refractivity contribution in [1.29, 1.82) is 0 Å². The quantitative estimate of drug-likeness (QED) is 0.272. The van der Waals surface area contributed by atoms with Crippen LogP contribution in [0.5, 0.6) is 5.75 Å². The Morgan fingerprint density at radius 2 is 1.61 bits per heavy atom. The number of amides is 1. The van der Waals surface area contributed by atoms with Gasteiger partial charge in [-0.05, 0) is 73.8 Å². The number of carbonyl (C=O) groups excluding carboxylic acids is 4. The lowest BCUT2D eigenvalue weighted by Gasteiger charge is -2.56. The molecule has 0 unspecified atom stereocenters. The second kappa shape index (κ2) is 8.44. The fraction of sp³-hybridized carbons (Fsp3) is 0.548. The van der Waals surface area contributed by atoms with Crippen molar-refractivity contribution < 1.29 is 44.3 Å². The molecular weight excluding hydrogens is 530 g/mol. The van der Waals surface area contributed by atoms with E-state index >= 15 is 0 Å². The van der Waals surface area contributed by atoms with E-state index in [-0.39, 0.29) is 16.9 Å². The van der Waals surface area contributed by atoms with Crippen molar-refractivity contribution in [3.63, 3.8) is 0 Å². The van der Waals surface area contributed by atoms with Gasteiger partial charge in [0.05, 0.1) is 11.0 Å². The molecule has 8 rings (SSSR count). The number of hydrogen-bond donors (Lipinski definition) is 5. The van der Waals surface area contributed by atoms with Gasteiger partial charge in [-0.2, -0.15) is 0 Å². The Labute approximate surface area is 235 Å². The number of phenols is 1. The predicted octanol–water partition coefficient (Wildman–Crippen LogP) is 2.72. The van der Waals surface area contributed by atoms with Crippen LogP contribution in [0.3, 0.4) is 0 Å². The van der Waals surface area contributed by atoms with Gasteiger partial charge in [-0.3, -0.25) is 19.2 Å². The van der Waals surface area contributed by atoms with Gasteiger partial charge in [0.2, 0.25) is 5.78 Å². The Balaban J connectivity index is 1.39. The maximum atomic E-state index is 14.2. The molecule has 5 atom stereocenters. The van der Waals surface area contributed by atoms with Crippen molar-refractivity contribution in [2.45, 2.75) is 69.5 Å². The molecule has 216 valence electrons. The number of ether oxygens (including phenoxy) is 1. The zero-order valence-electron chi connectivity index (χ0n) is 22.6. The van der Waals surface area contributed by atoms with E-state index in [0.717, 1.165) is 19.3 Å². The van der Waals surface area contributed by atoms with Crippen molar-refractivity contribution in [2.75, 3.05) is 0 Å². The zero-order chi connectivity index (χ0) is 29.2. The minimum atomic E-state index is -2.86. The van der Waals surface area contributed by atoms with Crippen LogP contribution in [0.15, 0.2) is 35.1 Å². The Bertz CT molecular complexity index is 1470. The lowest BCUT2D eigenvalue weighted by atomic mass is 9.49. The number of rotatable bonds is 3. The van der Waals surface area contributed by atoms with Crippen LogP contribution in [0, 0.1) is 35.0 Å². The first-order valence-corrected chi connectivity index (χ1v) is 14.4. The average Bonchev–Trinajstić information content (AvgIpc) is 2.89. The lowest BCUT2D eigenvalue weighted by molar-refractivity contribution is -0.195. The molecule has 41 heavy (non-hydrogen) atoms. The van der Waals surface area contributed by atoms with Crippen LogP contribution in [0.25, 0.3) is 5.76 Å². The van der Waals surface area contributed by atoms with E-state index in [9.17, 15) is 39.6 Å². The number of aliphatic hydroxyl groups is 3. The van der Waals surface area contributed by atoms with Gasteiger partial charge in [-0.1, -0.05) is 19.1 Å². The van der Waals surface area contributed by atoms with E-state index < -0.39 is 81.8 Å². The Morgan fingerprint density at radius 3 is 2.20 bits per heavy atom. The molecular formula is C31H33NO9. The molecule has 10 nitrogen and oxygen atoms in total. The maximum absolute atomic E-state index is 14.2. The number of fused-ring (bicyclic) bond motifs is 3. The number of ketones is 2. The number of aromatic hydroxyl groups is 1. The van der Waals surface area contributed by atoms with Crippen molar-refractivity contribution in [3.05, 3.63) is 46.2 Å². The number of carbonyl (C=O) groups is 4. The minimum Gasteiger partial charge on any atom is -0.508 e. The van der Waals surface area contributed by atoms with E-state index in [0.29, 0.717) is 42.6 Å². The summed E-state index contributed by atoms with van der Waals surface area (Å²) >= 11 is 0. The Kier molecular flexibility index (Phi) is 5.40. The molecule has 6 N–H and O–H groups in total. The number of Topliss-reactive ketones (excluding diaryl/α,β-unsaturated/α-hetero) is 2. The molecule has 7 aliphatic carbocycles. The van der Waals surface area contributed by atoms with Crippen LogP contribution in [0.2, 0.25) is 0 Å². The second-order valence-electron chi connectivity index (χ2n) is 13.3. The van der Waals surface area contributed by atoms with Gasteiger partial charge in [-0.15, -0.1) is 0 Å². The molecule has 1 aromatic carbocycles. The number of phenolic OH excluding ortho intramolecular Hbond substituents is 1. The van der Waals surface area contributed by atoms with Crippen LogP contribution in [-0.4, -0.2) is 55.6 Å². The minimum absolute atomic E-state index is 0.00158. The second-order valence-corrected chi connectivity index (χ2v) is 13.3. The van der Waals surface area contributed by atoms with Gasteiger partial charge in [0, 0.05) is 23.8 Å². The average molecular weight is 564 g/mol. The van der Waals surface area contributed by atoms with Crippen molar-refractivity contribution in [3.8, 4) is 5.75 Å². The van der Waals surface area contributed by atoms with E-state index in [1.807, 2.05) is 0 Å². The molecule has 5 saturated carbocycles. The van der Waals surface area contributed by atoms with Crippen LogP contribution >= 0.6 is 0 Å². The molecule has 1 aromatic rings. The summed E-state index contributed by atoms with van der Waals surface area (Å²) in [5.41, 5.74) is 1.06. The number of primary amides is 1. The molecule has 0 heterocycles. The molecule has 0 radical (unpaired) electrons. The van der Waals surface area contributed by atoms with E-state index in [1.165, 1.54) is 6.07 Å². The van der Waals surface area contributed by atoms with Gasteiger partial charge in [0.25, 0.3) is 5.91 Å². The number of hydrogen-bond acceptors (Lipinski definition) is 9. The van der Waals surface area contributed by atoms with E-state index in [2.05, 4.69) is 0 Å². The highest BCUT2D eigenvalue weighted by Crippen LogP contribution is 2.62. The topological polar surface area (TPSA) is 184 Å². The van der Waals surface area contributed by atoms with Crippen LogP contribution < -0.4 is 5.73 Å². The van der Waals surface area contributed by atoms with E-state index in [1.54, 1.807) is 19.1 Å². The van der Waals surface area contributed by atoms with Crippen LogP contribution in [-0.2, 0) is 23.9 Å². The standard InChI is InChI=1S/C31H33NO9/c1-12-16-3-2-4-18(33)21(16)24(35)23-20(12)25(17-8-19(34)22(28(32)38)26(36)31(17,40)27(23)37)41-29(39)30-9-13-5-14(10-30)7-15(6-13)11-30/h2-4,12-15,17,20,25,33,35-36,40H,5-11H2,1H3,(H2,32,38)/t12-,13?,14?,15?,17+,20+,25+,30?,31+/m0/s1. The van der Waals surface area contributed by atoms with Crippen molar-refractivity contribution >= 4 is 29.2 Å². The summed E-state index contributed by atoms with van der Waals surface area (Å²) in [4.78, 5) is 53.4. The fourth-order valence-corrected chi connectivity index (χ4v) is 9.69. The first-order chi connectivity index (χ1) is 19.4. The number of nitrogens with two attached hydrogens (primary N) is 1. The Morgan fingerprint density at radius 1 is 1.00 bits per heavy atom. The fourth-order valence-electron chi connectivity index (χ4n) is 9.69. The third-order valence-electron chi connectivity index (χ3n) is 11.0. The third kappa shape index (κ3) is 3.34. The maximum Gasteiger partial charge on any atom is 0.312 e. The number of aliphatic hydroxyl groups excluding tert-OH is 2. The molecule has 0 spiro atoms. The van der Waals surface area contributed by atoms with Crippen LogP contribution in [0.1, 0.15) is 68.9 Å². The first kappa shape index (κ1) is 26.3. The summed E-state index contributed by atoms with van der Waals surface area (Å²) in [6.45, 7) is 1.76. The van der Waals surface area contributed by atoms with Crippen LogP contribution in [0.4, 0.5) is 0 Å². The third-order valence-corrected chi connectivity index (χ3v) is 11.0. The zero-order valence-corrected chi connectivity index (χ0v) is 22.6. The summed E-state index contributed by atoms with van der Waals surface area (Å²) in [5.74, 6) is -7.58. The highest BCUT2D eigenvalue weighted by molar-refractivity contribution is 6.23. The highest BCUT2D eigenvalue weighted by Gasteiger charge is 2.67. The van der Waals surface area contributed by atoms with Gasteiger partial charge in [0.15, 0.2) is 11.4 Å². The predicted molar refractivity (Wildman–Crippen MR) is 142 cm³/mol. The Hall–Kier alpha value is -3.66. The van der Waals surface area contributed by atoms with Crippen molar-refractivity contribution in [2.24, 2.45) is 40.7 Å². The van der Waals surface area contributed by atoms with Gasteiger partial charge in [-0.25, -0.2) is 0 Å². The molecule has 10 heteroatoms. The molecule has 0 saturated heterocycles. The summed E-state index contributed by atoms with van der Waals surface area (Å²) in [7, 11) is 0. The number of benzene rings is 1. The normalized spacial score (nSPS) is 40.7.